The van der Waals surface area contributed by atoms with E-state index in [1.54, 1.807) is 25.1 Å². The first-order valence-electron chi connectivity index (χ1n) is 6.03. The van der Waals surface area contributed by atoms with Crippen LogP contribution in [0.5, 0.6) is 5.75 Å². The van der Waals surface area contributed by atoms with Gasteiger partial charge in [0.25, 0.3) is 0 Å². The quantitative estimate of drug-likeness (QED) is 0.870. The summed E-state index contributed by atoms with van der Waals surface area (Å²) >= 11 is 0. The number of hydrogen-bond acceptors (Lipinski definition) is 3. The maximum Gasteiger partial charge on any atom is 0.232 e. The van der Waals surface area contributed by atoms with Crippen molar-refractivity contribution in [3.8, 4) is 5.75 Å². The molecular weight excluding hydrogens is 230 g/mol. The maximum atomic E-state index is 12.2. The van der Waals surface area contributed by atoms with E-state index in [-0.39, 0.29) is 24.3 Å². The highest BCUT2D eigenvalue weighted by Crippen LogP contribution is 2.23. The molecule has 0 saturated heterocycles. The van der Waals surface area contributed by atoms with Crippen LogP contribution in [0, 0.1) is 11.8 Å². The predicted molar refractivity (Wildman–Crippen MR) is 71.8 cm³/mol. The fraction of sp³-hybridized carbons (Fsp3) is 0.500. The zero-order valence-electron chi connectivity index (χ0n) is 11.4. The van der Waals surface area contributed by atoms with Crippen molar-refractivity contribution in [2.24, 2.45) is 11.8 Å². The molecular formula is C14H21NO3. The van der Waals surface area contributed by atoms with Crippen LogP contribution < -0.4 is 9.64 Å². The molecule has 0 bridgehead atoms. The highest BCUT2D eigenvalue weighted by atomic mass is 16.5. The van der Waals surface area contributed by atoms with Gasteiger partial charge in [-0.15, -0.1) is 0 Å². The molecule has 1 aromatic carbocycles. The van der Waals surface area contributed by atoms with Crippen LogP contribution in [-0.2, 0) is 4.79 Å². The Kier molecular flexibility index (Phi) is 5.16. The van der Waals surface area contributed by atoms with Crippen LogP contribution in [0.1, 0.15) is 13.8 Å². The molecule has 0 heterocycles. The average molecular weight is 251 g/mol. The maximum absolute atomic E-state index is 12.2. The number of methoxy groups -OCH3 is 1. The van der Waals surface area contributed by atoms with Crippen LogP contribution in [0.15, 0.2) is 24.3 Å². The number of carbonyl (C=O) groups excluding carboxylic acids is 1. The van der Waals surface area contributed by atoms with E-state index >= 15 is 0 Å². The minimum atomic E-state index is -0.374. The molecule has 0 aliphatic carbocycles. The van der Waals surface area contributed by atoms with Crippen molar-refractivity contribution in [1.82, 2.24) is 0 Å². The third-order valence-corrected chi connectivity index (χ3v) is 3.09. The van der Waals surface area contributed by atoms with Gasteiger partial charge in [0.1, 0.15) is 5.75 Å². The zero-order chi connectivity index (χ0) is 13.7. The van der Waals surface area contributed by atoms with Crippen LogP contribution in [-0.4, -0.2) is 31.8 Å². The Bertz CT molecular complexity index is 404. The van der Waals surface area contributed by atoms with Gasteiger partial charge in [-0.1, -0.05) is 19.9 Å². The van der Waals surface area contributed by atoms with Gasteiger partial charge in [-0.05, 0) is 18.1 Å². The third kappa shape index (κ3) is 3.23. The van der Waals surface area contributed by atoms with Gasteiger partial charge in [-0.2, -0.15) is 0 Å². The summed E-state index contributed by atoms with van der Waals surface area (Å²) < 4.78 is 5.13. The number of aliphatic hydroxyl groups is 1. The first-order valence-corrected chi connectivity index (χ1v) is 6.03. The molecule has 4 heteroatoms. The number of benzene rings is 1. The molecule has 0 aliphatic heterocycles. The van der Waals surface area contributed by atoms with Crippen LogP contribution in [0.25, 0.3) is 0 Å². The van der Waals surface area contributed by atoms with Gasteiger partial charge < -0.3 is 14.7 Å². The Hall–Kier alpha value is -1.55. The Morgan fingerprint density at radius 1 is 1.44 bits per heavy atom. The lowest BCUT2D eigenvalue weighted by atomic mass is 9.95. The Morgan fingerprint density at radius 3 is 2.61 bits per heavy atom. The van der Waals surface area contributed by atoms with E-state index in [1.807, 2.05) is 32.0 Å². The van der Waals surface area contributed by atoms with Gasteiger partial charge in [-0.25, -0.2) is 0 Å². The summed E-state index contributed by atoms with van der Waals surface area (Å²) in [7, 11) is 3.30. The van der Waals surface area contributed by atoms with Crippen molar-refractivity contribution >= 4 is 11.6 Å². The van der Waals surface area contributed by atoms with Crippen LogP contribution in [0.2, 0.25) is 0 Å². The predicted octanol–water partition coefficient (Wildman–Crippen LogP) is 1.92. The molecule has 0 aromatic heterocycles. The second-order valence-corrected chi connectivity index (χ2v) is 4.63. The number of rotatable bonds is 5. The molecule has 1 N–H and O–H groups in total. The van der Waals surface area contributed by atoms with Crippen molar-refractivity contribution in [1.29, 1.82) is 0 Å². The average Bonchev–Trinajstić information content (AvgIpc) is 2.38. The van der Waals surface area contributed by atoms with E-state index in [0.717, 1.165) is 5.69 Å². The van der Waals surface area contributed by atoms with Gasteiger partial charge >= 0.3 is 0 Å². The number of amides is 1. The standard InChI is InChI=1S/C14H21NO3/c1-10(2)13(9-16)14(17)15(3)11-6-5-7-12(8-11)18-4/h5-8,10,13,16H,9H2,1-4H3. The summed E-state index contributed by atoms with van der Waals surface area (Å²) in [4.78, 5) is 13.8. The van der Waals surface area contributed by atoms with Gasteiger partial charge in [0.15, 0.2) is 0 Å². The van der Waals surface area contributed by atoms with Crippen molar-refractivity contribution in [3.05, 3.63) is 24.3 Å². The van der Waals surface area contributed by atoms with Gasteiger partial charge in [0.2, 0.25) is 5.91 Å². The number of nitrogens with zero attached hydrogens (tertiary/aromatic N) is 1. The summed E-state index contributed by atoms with van der Waals surface area (Å²) in [6.07, 6.45) is 0. The van der Waals surface area contributed by atoms with Gasteiger partial charge in [0, 0.05) is 18.8 Å². The smallest absolute Gasteiger partial charge is 0.232 e. The van der Waals surface area contributed by atoms with Gasteiger partial charge in [0.05, 0.1) is 19.6 Å². The first-order chi connectivity index (χ1) is 8.51. The molecule has 100 valence electrons. The topological polar surface area (TPSA) is 49.8 Å². The van der Waals surface area contributed by atoms with Crippen molar-refractivity contribution < 1.29 is 14.6 Å². The van der Waals surface area contributed by atoms with E-state index in [0.29, 0.717) is 5.75 Å². The largest absolute Gasteiger partial charge is 0.497 e. The molecule has 0 saturated carbocycles. The van der Waals surface area contributed by atoms with E-state index in [9.17, 15) is 9.90 Å². The van der Waals surface area contributed by atoms with Crippen LogP contribution in [0.3, 0.4) is 0 Å². The van der Waals surface area contributed by atoms with Crippen molar-refractivity contribution in [2.45, 2.75) is 13.8 Å². The molecule has 1 amide bonds. The molecule has 1 unspecified atom stereocenters. The Balaban J connectivity index is 2.91. The minimum absolute atomic E-state index is 0.0826. The molecule has 1 aromatic rings. The lowest BCUT2D eigenvalue weighted by Gasteiger charge is -2.25. The SMILES string of the molecule is COc1cccc(N(C)C(=O)C(CO)C(C)C)c1. The number of anilines is 1. The lowest BCUT2D eigenvalue weighted by molar-refractivity contribution is -0.124. The first kappa shape index (κ1) is 14.5. The number of ether oxygens (including phenoxy) is 1. The summed E-state index contributed by atoms with van der Waals surface area (Å²) in [5.41, 5.74) is 0.762. The highest BCUT2D eigenvalue weighted by molar-refractivity contribution is 5.94. The van der Waals surface area contributed by atoms with Crippen molar-refractivity contribution in [2.75, 3.05) is 25.7 Å². The lowest BCUT2D eigenvalue weighted by Crippen LogP contribution is -2.37. The van der Waals surface area contributed by atoms with E-state index < -0.39 is 0 Å². The van der Waals surface area contributed by atoms with Gasteiger partial charge in [-0.3, -0.25) is 4.79 Å². The monoisotopic (exact) mass is 251 g/mol. The molecule has 0 radical (unpaired) electrons. The molecule has 4 nitrogen and oxygen atoms in total. The highest BCUT2D eigenvalue weighted by Gasteiger charge is 2.25. The van der Waals surface area contributed by atoms with E-state index in [4.69, 9.17) is 4.74 Å². The van der Waals surface area contributed by atoms with E-state index in [2.05, 4.69) is 0 Å². The van der Waals surface area contributed by atoms with Crippen LogP contribution in [0.4, 0.5) is 5.69 Å². The van der Waals surface area contributed by atoms with Crippen molar-refractivity contribution in [3.63, 3.8) is 0 Å². The van der Waals surface area contributed by atoms with E-state index in [1.165, 1.54) is 0 Å². The molecule has 0 aliphatic rings. The second-order valence-electron chi connectivity index (χ2n) is 4.63. The molecule has 1 atom stereocenters. The molecule has 0 spiro atoms. The fourth-order valence-electron chi connectivity index (χ4n) is 1.77. The number of hydrogen-bond donors (Lipinski definition) is 1. The normalized spacial score (nSPS) is 12.3. The Morgan fingerprint density at radius 2 is 2.11 bits per heavy atom. The summed E-state index contributed by atoms with van der Waals surface area (Å²) in [5, 5.41) is 9.29. The zero-order valence-corrected chi connectivity index (χ0v) is 11.4. The Labute approximate surface area is 108 Å². The second kappa shape index (κ2) is 6.40. The molecule has 1 rings (SSSR count). The summed E-state index contributed by atoms with van der Waals surface area (Å²) in [5.74, 6) is 0.356. The fourth-order valence-corrected chi connectivity index (χ4v) is 1.77. The third-order valence-electron chi connectivity index (χ3n) is 3.09. The number of aliphatic hydroxyl groups excluding tert-OH is 1. The van der Waals surface area contributed by atoms with Crippen LogP contribution >= 0.6 is 0 Å². The number of carbonyl (C=O) groups is 1. The summed E-state index contributed by atoms with van der Waals surface area (Å²) in [6, 6.07) is 7.30. The molecule has 18 heavy (non-hydrogen) atoms. The molecule has 0 fully saturated rings. The minimum Gasteiger partial charge on any atom is -0.497 e. The summed E-state index contributed by atoms with van der Waals surface area (Å²) in [6.45, 7) is 3.72.